The van der Waals surface area contributed by atoms with Crippen LogP contribution in [0.1, 0.15) is 48.2 Å². The molecular formula is C18H24N6O. The van der Waals surface area contributed by atoms with E-state index in [1.165, 1.54) is 38.3 Å². The van der Waals surface area contributed by atoms with E-state index in [0.29, 0.717) is 18.4 Å². The van der Waals surface area contributed by atoms with Crippen LogP contribution in [0.2, 0.25) is 0 Å². The first-order chi connectivity index (χ1) is 12.1. The summed E-state index contributed by atoms with van der Waals surface area (Å²) in [4.78, 5) is 26.3. The summed E-state index contributed by atoms with van der Waals surface area (Å²) in [5, 5.41) is 3.21. The maximum absolute atomic E-state index is 11.2. The SMILES string of the molecule is CN(c1ncccc1CNc1cncc(C(N)=O)n1)C1CCCCC1. The second-order valence-electron chi connectivity index (χ2n) is 6.40. The molecule has 7 nitrogen and oxygen atoms in total. The molecule has 2 heterocycles. The Kier molecular flexibility index (Phi) is 5.42. The minimum Gasteiger partial charge on any atom is -0.365 e. The van der Waals surface area contributed by atoms with Crippen molar-refractivity contribution in [1.82, 2.24) is 15.0 Å². The van der Waals surface area contributed by atoms with Crippen molar-refractivity contribution in [2.24, 2.45) is 5.73 Å². The van der Waals surface area contributed by atoms with Crippen LogP contribution in [0.15, 0.2) is 30.7 Å². The fourth-order valence-electron chi connectivity index (χ4n) is 3.28. The number of amides is 1. The highest BCUT2D eigenvalue weighted by molar-refractivity contribution is 5.90. The maximum atomic E-state index is 11.2. The highest BCUT2D eigenvalue weighted by Gasteiger charge is 2.21. The van der Waals surface area contributed by atoms with Crippen LogP contribution in [0.25, 0.3) is 0 Å². The normalized spacial score (nSPS) is 14.9. The number of anilines is 2. The molecule has 132 valence electrons. The Bertz CT molecular complexity index is 729. The molecule has 1 amide bonds. The van der Waals surface area contributed by atoms with Gasteiger partial charge in [-0.2, -0.15) is 0 Å². The minimum absolute atomic E-state index is 0.149. The molecule has 3 N–H and O–H groups in total. The summed E-state index contributed by atoms with van der Waals surface area (Å²) < 4.78 is 0. The number of nitrogens with one attached hydrogen (secondary N) is 1. The van der Waals surface area contributed by atoms with Gasteiger partial charge in [0.2, 0.25) is 0 Å². The van der Waals surface area contributed by atoms with E-state index in [4.69, 9.17) is 5.73 Å². The molecule has 1 fully saturated rings. The van der Waals surface area contributed by atoms with E-state index in [1.807, 2.05) is 12.3 Å². The number of carbonyl (C=O) groups excluding carboxylic acids is 1. The van der Waals surface area contributed by atoms with Crippen molar-refractivity contribution in [3.8, 4) is 0 Å². The largest absolute Gasteiger partial charge is 0.365 e. The average Bonchev–Trinajstić information content (AvgIpc) is 2.67. The Morgan fingerprint density at radius 2 is 2.12 bits per heavy atom. The van der Waals surface area contributed by atoms with Crippen molar-refractivity contribution in [2.45, 2.75) is 44.7 Å². The van der Waals surface area contributed by atoms with Crippen LogP contribution in [-0.2, 0) is 6.54 Å². The Balaban J connectivity index is 1.72. The van der Waals surface area contributed by atoms with E-state index in [-0.39, 0.29) is 5.69 Å². The van der Waals surface area contributed by atoms with Crippen molar-refractivity contribution >= 4 is 17.5 Å². The molecule has 0 saturated heterocycles. The van der Waals surface area contributed by atoms with Crippen LogP contribution in [0, 0.1) is 0 Å². The van der Waals surface area contributed by atoms with E-state index in [9.17, 15) is 4.79 Å². The van der Waals surface area contributed by atoms with Gasteiger partial charge >= 0.3 is 0 Å². The summed E-state index contributed by atoms with van der Waals surface area (Å²) in [5.74, 6) is 0.919. The lowest BCUT2D eigenvalue weighted by atomic mass is 9.94. The molecule has 2 aromatic heterocycles. The summed E-state index contributed by atoms with van der Waals surface area (Å²) in [7, 11) is 2.12. The second-order valence-corrected chi connectivity index (χ2v) is 6.40. The van der Waals surface area contributed by atoms with E-state index >= 15 is 0 Å². The molecule has 0 aliphatic heterocycles. The lowest BCUT2D eigenvalue weighted by Crippen LogP contribution is -2.34. The van der Waals surface area contributed by atoms with Crippen molar-refractivity contribution in [3.05, 3.63) is 42.0 Å². The van der Waals surface area contributed by atoms with E-state index in [0.717, 1.165) is 11.4 Å². The van der Waals surface area contributed by atoms with Crippen LogP contribution >= 0.6 is 0 Å². The maximum Gasteiger partial charge on any atom is 0.268 e. The predicted molar refractivity (Wildman–Crippen MR) is 97.4 cm³/mol. The molecule has 2 aromatic rings. The Morgan fingerprint density at radius 3 is 2.88 bits per heavy atom. The first-order valence-electron chi connectivity index (χ1n) is 8.67. The quantitative estimate of drug-likeness (QED) is 0.838. The highest BCUT2D eigenvalue weighted by atomic mass is 16.1. The molecule has 1 aliphatic rings. The van der Waals surface area contributed by atoms with Crippen molar-refractivity contribution < 1.29 is 4.79 Å². The van der Waals surface area contributed by atoms with E-state index in [1.54, 1.807) is 6.20 Å². The number of pyridine rings is 1. The zero-order valence-electron chi connectivity index (χ0n) is 14.5. The monoisotopic (exact) mass is 340 g/mol. The Morgan fingerprint density at radius 1 is 1.32 bits per heavy atom. The number of primary amides is 1. The molecule has 0 bridgehead atoms. The summed E-state index contributed by atoms with van der Waals surface area (Å²) in [6.45, 7) is 0.553. The Hall–Kier alpha value is -2.70. The zero-order valence-corrected chi connectivity index (χ0v) is 14.5. The van der Waals surface area contributed by atoms with Gasteiger partial charge in [-0.05, 0) is 18.9 Å². The first kappa shape index (κ1) is 17.1. The van der Waals surface area contributed by atoms with Gasteiger partial charge in [0, 0.05) is 31.4 Å². The fourth-order valence-corrected chi connectivity index (χ4v) is 3.28. The van der Waals surface area contributed by atoms with Gasteiger partial charge in [-0.25, -0.2) is 9.97 Å². The predicted octanol–water partition coefficient (Wildman–Crippen LogP) is 2.35. The molecule has 25 heavy (non-hydrogen) atoms. The number of nitrogens with zero attached hydrogens (tertiary/aromatic N) is 4. The first-order valence-corrected chi connectivity index (χ1v) is 8.67. The van der Waals surface area contributed by atoms with Gasteiger partial charge in [-0.15, -0.1) is 0 Å². The summed E-state index contributed by atoms with van der Waals surface area (Å²) in [6, 6.07) is 4.53. The molecule has 7 heteroatoms. The molecule has 0 spiro atoms. The van der Waals surface area contributed by atoms with Gasteiger partial charge in [0.25, 0.3) is 5.91 Å². The summed E-state index contributed by atoms with van der Waals surface area (Å²) in [6.07, 6.45) is 11.1. The Labute approximate surface area is 147 Å². The molecule has 0 atom stereocenters. The zero-order chi connectivity index (χ0) is 17.6. The van der Waals surface area contributed by atoms with Crippen LogP contribution in [0.5, 0.6) is 0 Å². The number of carbonyl (C=O) groups is 1. The molecular weight excluding hydrogens is 316 g/mol. The van der Waals surface area contributed by atoms with Gasteiger partial charge in [-0.1, -0.05) is 25.3 Å². The third kappa shape index (κ3) is 4.23. The van der Waals surface area contributed by atoms with Gasteiger partial charge in [0.05, 0.1) is 12.4 Å². The third-order valence-corrected chi connectivity index (χ3v) is 4.67. The standard InChI is InChI=1S/C18H24N6O/c1-24(14-7-3-2-4-8-14)18-13(6-5-9-21-18)10-22-16-12-20-11-15(23-16)17(19)25/h5-6,9,11-12,14H,2-4,7-8,10H2,1H3,(H2,19,25)(H,22,23). The average molecular weight is 340 g/mol. The molecule has 1 saturated carbocycles. The molecule has 1 aliphatic carbocycles. The minimum atomic E-state index is -0.588. The molecule has 3 rings (SSSR count). The topological polar surface area (TPSA) is 97.0 Å². The van der Waals surface area contributed by atoms with Crippen molar-refractivity contribution in [2.75, 3.05) is 17.3 Å². The third-order valence-electron chi connectivity index (χ3n) is 4.67. The van der Waals surface area contributed by atoms with Gasteiger partial charge in [0.1, 0.15) is 17.3 Å². The summed E-state index contributed by atoms with van der Waals surface area (Å²) >= 11 is 0. The number of nitrogens with two attached hydrogens (primary N) is 1. The van der Waals surface area contributed by atoms with Crippen LogP contribution in [0.3, 0.4) is 0 Å². The summed E-state index contributed by atoms with van der Waals surface area (Å²) in [5.41, 5.74) is 6.48. The smallest absolute Gasteiger partial charge is 0.268 e. The van der Waals surface area contributed by atoms with Gasteiger partial charge in [0.15, 0.2) is 0 Å². The van der Waals surface area contributed by atoms with Crippen LogP contribution in [-0.4, -0.2) is 33.9 Å². The van der Waals surface area contributed by atoms with Crippen LogP contribution < -0.4 is 16.0 Å². The van der Waals surface area contributed by atoms with Crippen molar-refractivity contribution in [3.63, 3.8) is 0 Å². The lowest BCUT2D eigenvalue weighted by Gasteiger charge is -2.33. The number of rotatable bonds is 6. The van der Waals surface area contributed by atoms with Crippen molar-refractivity contribution in [1.29, 1.82) is 0 Å². The number of aromatic nitrogens is 3. The second kappa shape index (κ2) is 7.92. The molecule has 0 radical (unpaired) electrons. The van der Waals surface area contributed by atoms with E-state index in [2.05, 4.69) is 38.3 Å². The highest BCUT2D eigenvalue weighted by Crippen LogP contribution is 2.27. The molecule has 0 unspecified atom stereocenters. The number of hydrogen-bond donors (Lipinski definition) is 2. The number of hydrogen-bond acceptors (Lipinski definition) is 6. The van der Waals surface area contributed by atoms with Crippen LogP contribution in [0.4, 0.5) is 11.6 Å². The van der Waals surface area contributed by atoms with E-state index < -0.39 is 5.91 Å². The van der Waals surface area contributed by atoms with Gasteiger partial charge in [-0.3, -0.25) is 9.78 Å². The lowest BCUT2D eigenvalue weighted by molar-refractivity contribution is 0.0995. The van der Waals surface area contributed by atoms with Gasteiger partial charge < -0.3 is 16.0 Å². The fraction of sp³-hybridized carbons (Fsp3) is 0.444. The molecule has 0 aromatic carbocycles.